The standard InChI is InChI=1S/C22H15ClN4O5S/c1-31-18-8-6-12(10-15(18)23)21-25-16-11-13(7-9-19(16)32-21)24-22(33)26-20(28)14-4-2-3-5-17(14)27(29)30/h2-11H,1H3,(H2,24,26,28,33). The van der Waals surface area contributed by atoms with Gasteiger partial charge in [-0.15, -0.1) is 0 Å². The summed E-state index contributed by atoms with van der Waals surface area (Å²) in [6, 6.07) is 15.9. The highest BCUT2D eigenvalue weighted by molar-refractivity contribution is 7.80. The number of benzene rings is 3. The van der Waals surface area contributed by atoms with Crippen molar-refractivity contribution in [3.63, 3.8) is 0 Å². The van der Waals surface area contributed by atoms with Gasteiger partial charge in [-0.05, 0) is 54.7 Å². The maximum Gasteiger partial charge on any atom is 0.282 e. The van der Waals surface area contributed by atoms with E-state index in [9.17, 15) is 14.9 Å². The summed E-state index contributed by atoms with van der Waals surface area (Å²) in [5, 5.41) is 16.8. The smallest absolute Gasteiger partial charge is 0.282 e. The fourth-order valence-electron chi connectivity index (χ4n) is 3.09. The maximum atomic E-state index is 12.4. The average molecular weight is 483 g/mol. The number of carbonyl (C=O) groups is 1. The Morgan fingerprint density at radius 2 is 1.97 bits per heavy atom. The van der Waals surface area contributed by atoms with Crippen LogP contribution in [0.15, 0.2) is 65.1 Å². The molecule has 33 heavy (non-hydrogen) atoms. The number of hydrogen-bond donors (Lipinski definition) is 2. The topological polar surface area (TPSA) is 120 Å². The van der Waals surface area contributed by atoms with Crippen LogP contribution in [0.3, 0.4) is 0 Å². The number of fused-ring (bicyclic) bond motifs is 1. The third-order valence-corrected chi connectivity index (χ3v) is 5.12. The molecule has 0 aliphatic carbocycles. The number of ether oxygens (including phenoxy) is 1. The SMILES string of the molecule is COc1ccc(-c2nc3cc(NC(=S)NC(=O)c4ccccc4[N+](=O)[O-])ccc3o2)cc1Cl. The number of methoxy groups -OCH3 is 1. The van der Waals surface area contributed by atoms with Gasteiger partial charge in [0.15, 0.2) is 10.7 Å². The molecule has 1 aromatic heterocycles. The van der Waals surface area contributed by atoms with Gasteiger partial charge in [-0.3, -0.25) is 20.2 Å². The van der Waals surface area contributed by atoms with Gasteiger partial charge >= 0.3 is 0 Å². The van der Waals surface area contributed by atoms with E-state index in [-0.39, 0.29) is 16.4 Å². The van der Waals surface area contributed by atoms with Crippen molar-refractivity contribution in [2.45, 2.75) is 0 Å². The van der Waals surface area contributed by atoms with Gasteiger partial charge in [-0.2, -0.15) is 0 Å². The summed E-state index contributed by atoms with van der Waals surface area (Å²) >= 11 is 11.4. The zero-order valence-electron chi connectivity index (χ0n) is 17.0. The van der Waals surface area contributed by atoms with Crippen LogP contribution in [0.5, 0.6) is 5.75 Å². The Kier molecular flexibility index (Phi) is 6.20. The lowest BCUT2D eigenvalue weighted by Crippen LogP contribution is -2.34. The van der Waals surface area contributed by atoms with E-state index in [1.165, 1.54) is 31.4 Å². The van der Waals surface area contributed by atoms with E-state index in [1.807, 2.05) is 0 Å². The van der Waals surface area contributed by atoms with E-state index >= 15 is 0 Å². The fraction of sp³-hybridized carbons (Fsp3) is 0.0455. The summed E-state index contributed by atoms with van der Waals surface area (Å²) in [5.41, 5.74) is 1.91. The number of nitro benzene ring substituents is 1. The Hall–Kier alpha value is -4.02. The molecule has 166 valence electrons. The molecule has 1 amide bonds. The van der Waals surface area contributed by atoms with Crippen molar-refractivity contribution in [1.29, 1.82) is 0 Å². The molecule has 0 saturated heterocycles. The van der Waals surface area contributed by atoms with Crippen molar-refractivity contribution >= 4 is 57.3 Å². The lowest BCUT2D eigenvalue weighted by atomic mass is 10.1. The predicted octanol–water partition coefficient (Wildman–Crippen LogP) is 5.19. The number of nitro groups is 1. The highest BCUT2D eigenvalue weighted by atomic mass is 35.5. The molecule has 0 atom stereocenters. The molecule has 0 aliphatic heterocycles. The van der Waals surface area contributed by atoms with E-state index < -0.39 is 10.8 Å². The minimum atomic E-state index is -0.694. The van der Waals surface area contributed by atoms with E-state index in [0.717, 1.165) is 0 Å². The normalized spacial score (nSPS) is 10.6. The van der Waals surface area contributed by atoms with Crippen LogP contribution in [-0.2, 0) is 0 Å². The number of hydrogen-bond acceptors (Lipinski definition) is 7. The number of halogens is 1. The second-order valence-electron chi connectivity index (χ2n) is 6.73. The average Bonchev–Trinajstić information content (AvgIpc) is 3.22. The minimum Gasteiger partial charge on any atom is -0.495 e. The van der Waals surface area contributed by atoms with Crippen molar-refractivity contribution in [3.05, 3.63) is 81.4 Å². The van der Waals surface area contributed by atoms with Crippen molar-refractivity contribution < 1.29 is 18.9 Å². The molecule has 3 aromatic carbocycles. The molecular formula is C22H15ClN4O5S. The molecule has 0 spiro atoms. The fourth-order valence-corrected chi connectivity index (χ4v) is 3.55. The van der Waals surface area contributed by atoms with Crippen LogP contribution in [0.2, 0.25) is 5.02 Å². The number of oxazole rings is 1. The molecule has 0 fully saturated rings. The second-order valence-corrected chi connectivity index (χ2v) is 7.55. The molecule has 0 aliphatic rings. The van der Waals surface area contributed by atoms with E-state index in [0.29, 0.717) is 39.0 Å². The Balaban J connectivity index is 1.50. The highest BCUT2D eigenvalue weighted by Crippen LogP contribution is 2.32. The first-order valence-electron chi connectivity index (χ1n) is 9.46. The van der Waals surface area contributed by atoms with E-state index in [4.69, 9.17) is 33.0 Å². The Bertz CT molecular complexity index is 1400. The number of nitrogens with one attached hydrogen (secondary N) is 2. The Morgan fingerprint density at radius 3 is 2.70 bits per heavy atom. The highest BCUT2D eigenvalue weighted by Gasteiger charge is 2.20. The second kappa shape index (κ2) is 9.23. The van der Waals surface area contributed by atoms with Crippen LogP contribution in [0, 0.1) is 10.1 Å². The lowest BCUT2D eigenvalue weighted by molar-refractivity contribution is -0.385. The molecule has 4 aromatic rings. The Labute approximate surface area is 197 Å². The van der Waals surface area contributed by atoms with Gasteiger partial charge in [0.2, 0.25) is 5.89 Å². The predicted molar refractivity (Wildman–Crippen MR) is 128 cm³/mol. The van der Waals surface area contributed by atoms with Gasteiger partial charge in [0.25, 0.3) is 11.6 Å². The lowest BCUT2D eigenvalue weighted by Gasteiger charge is -2.09. The molecule has 4 rings (SSSR count). The summed E-state index contributed by atoms with van der Waals surface area (Å²) in [6.07, 6.45) is 0. The van der Waals surface area contributed by atoms with Gasteiger partial charge in [0, 0.05) is 17.3 Å². The summed E-state index contributed by atoms with van der Waals surface area (Å²) in [6.45, 7) is 0. The third kappa shape index (κ3) is 4.76. The number of anilines is 1. The summed E-state index contributed by atoms with van der Waals surface area (Å²) in [4.78, 5) is 27.4. The summed E-state index contributed by atoms with van der Waals surface area (Å²) in [7, 11) is 1.53. The van der Waals surface area contributed by atoms with Crippen LogP contribution in [0.25, 0.3) is 22.6 Å². The van der Waals surface area contributed by atoms with Crippen molar-refractivity contribution in [3.8, 4) is 17.2 Å². The van der Waals surface area contributed by atoms with Gasteiger partial charge in [-0.1, -0.05) is 23.7 Å². The van der Waals surface area contributed by atoms with Crippen LogP contribution in [0.1, 0.15) is 10.4 Å². The van der Waals surface area contributed by atoms with Crippen molar-refractivity contribution in [2.75, 3.05) is 12.4 Å². The van der Waals surface area contributed by atoms with E-state index in [1.54, 1.807) is 36.4 Å². The summed E-state index contributed by atoms with van der Waals surface area (Å²) in [5.74, 6) is 0.222. The first-order chi connectivity index (χ1) is 15.9. The van der Waals surface area contributed by atoms with E-state index in [2.05, 4.69) is 15.6 Å². The molecule has 0 unspecified atom stereocenters. The molecule has 9 nitrogen and oxygen atoms in total. The van der Waals surface area contributed by atoms with Gasteiger partial charge in [0.1, 0.15) is 16.8 Å². The zero-order chi connectivity index (χ0) is 23.5. The van der Waals surface area contributed by atoms with Crippen LogP contribution in [-0.4, -0.2) is 28.0 Å². The van der Waals surface area contributed by atoms with Crippen molar-refractivity contribution in [2.24, 2.45) is 0 Å². The van der Waals surface area contributed by atoms with Crippen LogP contribution < -0.4 is 15.4 Å². The van der Waals surface area contributed by atoms with Crippen LogP contribution >= 0.6 is 23.8 Å². The molecule has 0 bridgehead atoms. The summed E-state index contributed by atoms with van der Waals surface area (Å²) < 4.78 is 11.0. The molecule has 1 heterocycles. The molecule has 2 N–H and O–H groups in total. The molecular weight excluding hydrogens is 468 g/mol. The number of rotatable bonds is 5. The third-order valence-electron chi connectivity index (χ3n) is 4.62. The number of amides is 1. The zero-order valence-corrected chi connectivity index (χ0v) is 18.6. The maximum absolute atomic E-state index is 12.4. The quantitative estimate of drug-likeness (QED) is 0.226. The minimum absolute atomic E-state index is 0.0249. The van der Waals surface area contributed by atoms with Crippen LogP contribution in [0.4, 0.5) is 11.4 Å². The number of thiocarbonyl (C=S) groups is 1. The molecule has 11 heteroatoms. The number of carbonyl (C=O) groups excluding carboxylic acids is 1. The first-order valence-corrected chi connectivity index (χ1v) is 10.2. The van der Waals surface area contributed by atoms with Gasteiger partial charge < -0.3 is 14.5 Å². The van der Waals surface area contributed by atoms with Gasteiger partial charge in [0.05, 0.1) is 17.1 Å². The first kappa shape index (κ1) is 22.2. The Morgan fingerprint density at radius 1 is 1.18 bits per heavy atom. The largest absolute Gasteiger partial charge is 0.495 e. The van der Waals surface area contributed by atoms with Crippen molar-refractivity contribution in [1.82, 2.24) is 10.3 Å². The molecule has 0 radical (unpaired) electrons. The van der Waals surface area contributed by atoms with Gasteiger partial charge in [-0.25, -0.2) is 4.98 Å². The number of nitrogens with zero attached hydrogens (tertiary/aromatic N) is 2. The monoisotopic (exact) mass is 482 g/mol. The number of para-hydroxylation sites is 1. The number of aromatic nitrogens is 1. The molecule has 0 saturated carbocycles.